The predicted octanol–water partition coefficient (Wildman–Crippen LogP) is 2.71. The van der Waals surface area contributed by atoms with E-state index in [1.165, 1.54) is 6.92 Å². The van der Waals surface area contributed by atoms with Gasteiger partial charge < -0.3 is 4.74 Å². The average Bonchev–Trinajstić information content (AvgIpc) is 2.18. The van der Waals surface area contributed by atoms with Gasteiger partial charge in [-0.2, -0.15) is 0 Å². The maximum Gasteiger partial charge on any atom is 0.303 e. The molecular weight excluding hydrogens is 176 g/mol. The van der Waals surface area contributed by atoms with Gasteiger partial charge in [-0.1, -0.05) is 36.4 Å². The first kappa shape index (κ1) is 9.00. The molecule has 14 heavy (non-hydrogen) atoms. The summed E-state index contributed by atoms with van der Waals surface area (Å²) < 4.78 is 5.23. The van der Waals surface area contributed by atoms with E-state index in [0.29, 0.717) is 0 Å². The van der Waals surface area contributed by atoms with Crippen molar-refractivity contribution in [3.05, 3.63) is 41.5 Å². The summed E-state index contributed by atoms with van der Waals surface area (Å²) in [5, 5.41) is 0. The second-order valence-electron chi connectivity index (χ2n) is 3.37. The highest BCUT2D eigenvalue weighted by atomic mass is 16.5. The zero-order valence-corrected chi connectivity index (χ0v) is 8.07. The standard InChI is InChI=1S/C12H12O2/c1-9(13)14-12-8-4-6-10-5-2-3-7-11(10)12/h2-7,12H,8H2,1H3. The van der Waals surface area contributed by atoms with E-state index < -0.39 is 0 Å². The highest BCUT2D eigenvalue weighted by Crippen LogP contribution is 2.30. The third-order valence-corrected chi connectivity index (χ3v) is 2.30. The van der Waals surface area contributed by atoms with Gasteiger partial charge in [0.05, 0.1) is 0 Å². The molecule has 0 spiro atoms. The third kappa shape index (κ3) is 1.69. The summed E-state index contributed by atoms with van der Waals surface area (Å²) in [6.45, 7) is 1.45. The molecule has 0 saturated heterocycles. The van der Waals surface area contributed by atoms with Crippen LogP contribution in [0.15, 0.2) is 30.3 Å². The zero-order chi connectivity index (χ0) is 9.97. The Morgan fingerprint density at radius 2 is 2.21 bits per heavy atom. The number of rotatable bonds is 1. The van der Waals surface area contributed by atoms with Crippen molar-refractivity contribution in [3.8, 4) is 0 Å². The van der Waals surface area contributed by atoms with Gasteiger partial charge in [-0.25, -0.2) is 0 Å². The Morgan fingerprint density at radius 3 is 3.00 bits per heavy atom. The number of benzene rings is 1. The molecule has 1 aliphatic carbocycles. The molecule has 2 rings (SSSR count). The fourth-order valence-electron chi connectivity index (χ4n) is 1.71. The molecule has 1 aromatic rings. The van der Waals surface area contributed by atoms with Crippen molar-refractivity contribution in [2.75, 3.05) is 0 Å². The lowest BCUT2D eigenvalue weighted by Crippen LogP contribution is -2.11. The Labute approximate surface area is 83.2 Å². The minimum Gasteiger partial charge on any atom is -0.457 e. The first-order valence-electron chi connectivity index (χ1n) is 4.70. The Balaban J connectivity index is 2.31. The number of hydrogen-bond acceptors (Lipinski definition) is 2. The van der Waals surface area contributed by atoms with Crippen LogP contribution in [0.2, 0.25) is 0 Å². The zero-order valence-electron chi connectivity index (χ0n) is 8.07. The number of hydrogen-bond donors (Lipinski definition) is 0. The molecule has 0 N–H and O–H groups in total. The van der Waals surface area contributed by atoms with E-state index in [1.54, 1.807) is 0 Å². The summed E-state index contributed by atoms with van der Waals surface area (Å²) in [6, 6.07) is 7.99. The normalized spacial score (nSPS) is 18.8. The summed E-state index contributed by atoms with van der Waals surface area (Å²) in [7, 11) is 0. The maximum absolute atomic E-state index is 10.9. The number of carbonyl (C=O) groups excluding carboxylic acids is 1. The molecule has 0 amide bonds. The van der Waals surface area contributed by atoms with E-state index >= 15 is 0 Å². The topological polar surface area (TPSA) is 26.3 Å². The summed E-state index contributed by atoms with van der Waals surface area (Å²) in [6.07, 6.45) is 4.77. The highest BCUT2D eigenvalue weighted by Gasteiger charge is 2.18. The minimum atomic E-state index is -0.222. The van der Waals surface area contributed by atoms with Crippen LogP contribution in [-0.4, -0.2) is 5.97 Å². The van der Waals surface area contributed by atoms with Crippen molar-refractivity contribution in [1.29, 1.82) is 0 Å². The summed E-state index contributed by atoms with van der Waals surface area (Å²) >= 11 is 0. The van der Waals surface area contributed by atoms with E-state index in [4.69, 9.17) is 4.74 Å². The van der Waals surface area contributed by atoms with Crippen LogP contribution < -0.4 is 0 Å². The van der Waals surface area contributed by atoms with Gasteiger partial charge in [0, 0.05) is 13.3 Å². The van der Waals surface area contributed by atoms with Gasteiger partial charge in [-0.05, 0) is 11.1 Å². The predicted molar refractivity (Wildman–Crippen MR) is 54.6 cm³/mol. The molecule has 2 nitrogen and oxygen atoms in total. The van der Waals surface area contributed by atoms with Crippen molar-refractivity contribution >= 4 is 12.0 Å². The molecule has 0 saturated carbocycles. The first-order valence-corrected chi connectivity index (χ1v) is 4.70. The molecular formula is C12H12O2. The van der Waals surface area contributed by atoms with E-state index in [2.05, 4.69) is 6.08 Å². The third-order valence-electron chi connectivity index (χ3n) is 2.30. The van der Waals surface area contributed by atoms with E-state index in [-0.39, 0.29) is 12.1 Å². The first-order chi connectivity index (χ1) is 6.77. The fourth-order valence-corrected chi connectivity index (χ4v) is 1.71. The van der Waals surface area contributed by atoms with E-state index in [1.807, 2.05) is 30.3 Å². The number of fused-ring (bicyclic) bond motifs is 1. The van der Waals surface area contributed by atoms with Crippen LogP contribution in [0.25, 0.3) is 6.08 Å². The molecule has 1 atom stereocenters. The molecule has 0 bridgehead atoms. The van der Waals surface area contributed by atoms with Crippen LogP contribution in [0.1, 0.15) is 30.6 Å². The Bertz CT molecular complexity index is 380. The van der Waals surface area contributed by atoms with Crippen molar-refractivity contribution in [2.45, 2.75) is 19.4 Å². The molecule has 0 aliphatic heterocycles. The van der Waals surface area contributed by atoms with Crippen molar-refractivity contribution in [3.63, 3.8) is 0 Å². The Hall–Kier alpha value is -1.57. The monoisotopic (exact) mass is 188 g/mol. The van der Waals surface area contributed by atoms with Gasteiger partial charge in [-0.3, -0.25) is 4.79 Å². The van der Waals surface area contributed by atoms with Gasteiger partial charge in [0.15, 0.2) is 0 Å². The summed E-state index contributed by atoms with van der Waals surface area (Å²) in [5.41, 5.74) is 2.25. The quantitative estimate of drug-likeness (QED) is 0.633. The van der Waals surface area contributed by atoms with Crippen molar-refractivity contribution < 1.29 is 9.53 Å². The van der Waals surface area contributed by atoms with Crippen LogP contribution >= 0.6 is 0 Å². The highest BCUT2D eigenvalue weighted by molar-refractivity contribution is 5.67. The molecule has 1 aliphatic rings. The van der Waals surface area contributed by atoms with Gasteiger partial charge >= 0.3 is 5.97 Å². The van der Waals surface area contributed by atoms with Gasteiger partial charge in [0.25, 0.3) is 0 Å². The fraction of sp³-hybridized carbons (Fsp3) is 0.250. The van der Waals surface area contributed by atoms with Crippen LogP contribution in [-0.2, 0) is 9.53 Å². The van der Waals surface area contributed by atoms with Gasteiger partial charge in [0.1, 0.15) is 6.10 Å². The minimum absolute atomic E-state index is 0.103. The second-order valence-corrected chi connectivity index (χ2v) is 3.37. The molecule has 0 fully saturated rings. The van der Waals surface area contributed by atoms with E-state index in [0.717, 1.165) is 17.5 Å². The van der Waals surface area contributed by atoms with Crippen LogP contribution in [0.5, 0.6) is 0 Å². The Morgan fingerprint density at radius 1 is 1.43 bits per heavy atom. The maximum atomic E-state index is 10.9. The number of esters is 1. The van der Waals surface area contributed by atoms with Crippen molar-refractivity contribution in [2.24, 2.45) is 0 Å². The summed E-state index contributed by atoms with van der Waals surface area (Å²) in [4.78, 5) is 10.9. The molecule has 0 radical (unpaired) electrons. The van der Waals surface area contributed by atoms with Crippen LogP contribution in [0, 0.1) is 0 Å². The average molecular weight is 188 g/mol. The number of carbonyl (C=O) groups is 1. The summed E-state index contributed by atoms with van der Waals surface area (Å²) in [5.74, 6) is -0.222. The van der Waals surface area contributed by atoms with Gasteiger partial charge in [-0.15, -0.1) is 0 Å². The molecule has 72 valence electrons. The lowest BCUT2D eigenvalue weighted by Gasteiger charge is -2.21. The van der Waals surface area contributed by atoms with Crippen LogP contribution in [0.4, 0.5) is 0 Å². The van der Waals surface area contributed by atoms with E-state index in [9.17, 15) is 4.79 Å². The van der Waals surface area contributed by atoms with Gasteiger partial charge in [0.2, 0.25) is 0 Å². The Kier molecular flexibility index (Phi) is 2.35. The molecule has 2 heteroatoms. The van der Waals surface area contributed by atoms with Crippen molar-refractivity contribution in [1.82, 2.24) is 0 Å². The second kappa shape index (κ2) is 3.66. The van der Waals surface area contributed by atoms with Crippen LogP contribution in [0.3, 0.4) is 0 Å². The largest absolute Gasteiger partial charge is 0.457 e. The molecule has 0 heterocycles. The smallest absolute Gasteiger partial charge is 0.303 e. The molecule has 1 aromatic carbocycles. The lowest BCUT2D eigenvalue weighted by atomic mass is 9.95. The molecule has 1 unspecified atom stereocenters. The SMILES string of the molecule is CC(=O)OC1CC=Cc2ccccc21. The number of ether oxygens (including phenoxy) is 1. The lowest BCUT2D eigenvalue weighted by molar-refractivity contribution is -0.146. The molecule has 0 aromatic heterocycles.